The highest BCUT2D eigenvalue weighted by atomic mass is 32.2. The quantitative estimate of drug-likeness (QED) is 0.848. The van der Waals surface area contributed by atoms with Crippen LogP contribution in [0.2, 0.25) is 0 Å². The van der Waals surface area contributed by atoms with Crippen LogP contribution in [-0.2, 0) is 0 Å². The topological polar surface area (TPSA) is 21.3 Å². The molecular formula is C15H23NOS. The van der Waals surface area contributed by atoms with Crippen LogP contribution in [0.3, 0.4) is 0 Å². The van der Waals surface area contributed by atoms with E-state index in [0.29, 0.717) is 6.04 Å². The van der Waals surface area contributed by atoms with Gasteiger partial charge in [-0.15, -0.1) is 0 Å². The Morgan fingerprint density at radius 3 is 2.67 bits per heavy atom. The van der Waals surface area contributed by atoms with E-state index in [2.05, 4.69) is 48.3 Å². The zero-order valence-corrected chi connectivity index (χ0v) is 12.1. The molecule has 1 saturated heterocycles. The lowest BCUT2D eigenvalue weighted by Gasteiger charge is -2.24. The lowest BCUT2D eigenvalue weighted by Crippen LogP contribution is -2.28. The Kier molecular flexibility index (Phi) is 5.39. The minimum atomic E-state index is 0.484. The molecule has 1 aliphatic rings. The molecule has 3 heteroatoms. The van der Waals surface area contributed by atoms with E-state index in [1.54, 1.807) is 0 Å². The van der Waals surface area contributed by atoms with Crippen LogP contribution in [0.1, 0.15) is 38.3 Å². The van der Waals surface area contributed by atoms with Crippen molar-refractivity contribution in [3.8, 4) is 5.75 Å². The predicted molar refractivity (Wildman–Crippen MR) is 79.5 cm³/mol. The molecule has 1 aromatic carbocycles. The molecule has 0 amide bonds. The zero-order chi connectivity index (χ0) is 12.8. The summed E-state index contributed by atoms with van der Waals surface area (Å²) in [4.78, 5) is 0. The number of thioether (sulfide) groups is 1. The van der Waals surface area contributed by atoms with Gasteiger partial charge in [-0.3, -0.25) is 0 Å². The summed E-state index contributed by atoms with van der Waals surface area (Å²) < 4.78 is 5.50. The second kappa shape index (κ2) is 7.05. The normalized spacial score (nSPS) is 20.9. The van der Waals surface area contributed by atoms with E-state index >= 15 is 0 Å². The number of nitrogens with one attached hydrogen (secondary N) is 1. The van der Waals surface area contributed by atoms with E-state index in [4.69, 9.17) is 4.74 Å². The first kappa shape index (κ1) is 13.8. The van der Waals surface area contributed by atoms with Crippen LogP contribution in [-0.4, -0.2) is 24.2 Å². The number of ether oxygens (including phenoxy) is 1. The molecule has 1 fully saturated rings. The molecule has 0 spiro atoms. The largest absolute Gasteiger partial charge is 0.494 e. The second-order valence-electron chi connectivity index (χ2n) is 4.59. The molecule has 100 valence electrons. The van der Waals surface area contributed by atoms with Crippen molar-refractivity contribution in [3.05, 3.63) is 29.8 Å². The summed E-state index contributed by atoms with van der Waals surface area (Å²) >= 11 is 2.11. The van der Waals surface area contributed by atoms with Crippen LogP contribution in [0.15, 0.2) is 24.3 Å². The Morgan fingerprint density at radius 2 is 2.11 bits per heavy atom. The summed E-state index contributed by atoms with van der Waals surface area (Å²) in [5.41, 5.74) is 1.39. The van der Waals surface area contributed by atoms with Gasteiger partial charge in [0, 0.05) is 11.3 Å². The molecule has 0 bridgehead atoms. The van der Waals surface area contributed by atoms with Gasteiger partial charge in [-0.05, 0) is 49.8 Å². The van der Waals surface area contributed by atoms with Gasteiger partial charge >= 0.3 is 0 Å². The SMILES string of the molecule is CCNC(c1ccc(OCC)cc1)C1CCCS1. The molecule has 2 unspecified atom stereocenters. The third kappa shape index (κ3) is 3.42. The van der Waals surface area contributed by atoms with Crippen LogP contribution in [0.5, 0.6) is 5.75 Å². The lowest BCUT2D eigenvalue weighted by molar-refractivity contribution is 0.340. The summed E-state index contributed by atoms with van der Waals surface area (Å²) in [5.74, 6) is 2.28. The Labute approximate surface area is 114 Å². The van der Waals surface area contributed by atoms with Gasteiger partial charge in [0.2, 0.25) is 0 Å². The van der Waals surface area contributed by atoms with Crippen molar-refractivity contribution in [3.63, 3.8) is 0 Å². The van der Waals surface area contributed by atoms with Crippen molar-refractivity contribution in [2.24, 2.45) is 0 Å². The minimum absolute atomic E-state index is 0.484. The molecule has 1 heterocycles. The number of hydrogen-bond donors (Lipinski definition) is 1. The fourth-order valence-electron chi connectivity index (χ4n) is 2.49. The summed E-state index contributed by atoms with van der Waals surface area (Å²) in [5, 5.41) is 4.36. The standard InChI is InChI=1S/C15H23NOS/c1-3-16-15(14-6-5-11-18-14)12-7-9-13(10-8-12)17-4-2/h7-10,14-16H,3-6,11H2,1-2H3. The highest BCUT2D eigenvalue weighted by Gasteiger charge is 2.26. The van der Waals surface area contributed by atoms with Crippen LogP contribution in [0.25, 0.3) is 0 Å². The molecule has 0 aliphatic carbocycles. The van der Waals surface area contributed by atoms with E-state index in [1.165, 1.54) is 24.2 Å². The molecule has 2 atom stereocenters. The highest BCUT2D eigenvalue weighted by molar-refractivity contribution is 8.00. The lowest BCUT2D eigenvalue weighted by atomic mass is 10.0. The molecule has 2 nitrogen and oxygen atoms in total. The van der Waals surface area contributed by atoms with Crippen molar-refractivity contribution in [2.45, 2.75) is 38.0 Å². The molecule has 18 heavy (non-hydrogen) atoms. The Bertz CT molecular complexity index is 346. The van der Waals surface area contributed by atoms with Crippen molar-refractivity contribution >= 4 is 11.8 Å². The van der Waals surface area contributed by atoms with Gasteiger partial charge in [-0.1, -0.05) is 19.1 Å². The van der Waals surface area contributed by atoms with Gasteiger partial charge in [0.1, 0.15) is 5.75 Å². The van der Waals surface area contributed by atoms with E-state index < -0.39 is 0 Å². The van der Waals surface area contributed by atoms with Gasteiger partial charge in [-0.2, -0.15) is 11.8 Å². The van der Waals surface area contributed by atoms with Gasteiger partial charge in [0.05, 0.1) is 6.61 Å². The van der Waals surface area contributed by atoms with Crippen LogP contribution in [0.4, 0.5) is 0 Å². The van der Waals surface area contributed by atoms with E-state index in [1.807, 2.05) is 6.92 Å². The molecule has 0 radical (unpaired) electrons. The minimum Gasteiger partial charge on any atom is -0.494 e. The fraction of sp³-hybridized carbons (Fsp3) is 0.600. The fourth-order valence-corrected chi connectivity index (χ4v) is 3.90. The van der Waals surface area contributed by atoms with E-state index in [0.717, 1.165) is 24.2 Å². The smallest absolute Gasteiger partial charge is 0.119 e. The molecule has 1 N–H and O–H groups in total. The van der Waals surface area contributed by atoms with Crippen molar-refractivity contribution in [2.75, 3.05) is 18.9 Å². The Morgan fingerprint density at radius 1 is 1.33 bits per heavy atom. The third-order valence-corrected chi connectivity index (χ3v) is 4.77. The van der Waals surface area contributed by atoms with Gasteiger partial charge in [-0.25, -0.2) is 0 Å². The van der Waals surface area contributed by atoms with E-state index in [-0.39, 0.29) is 0 Å². The van der Waals surface area contributed by atoms with E-state index in [9.17, 15) is 0 Å². The zero-order valence-electron chi connectivity index (χ0n) is 11.3. The van der Waals surface area contributed by atoms with Gasteiger partial charge < -0.3 is 10.1 Å². The Hall–Kier alpha value is -0.670. The van der Waals surface area contributed by atoms with Crippen molar-refractivity contribution in [1.82, 2.24) is 5.32 Å². The summed E-state index contributed by atoms with van der Waals surface area (Å²) in [6.07, 6.45) is 2.68. The first-order chi connectivity index (χ1) is 8.85. The van der Waals surface area contributed by atoms with Crippen LogP contribution < -0.4 is 10.1 Å². The highest BCUT2D eigenvalue weighted by Crippen LogP contribution is 2.36. The predicted octanol–water partition coefficient (Wildman–Crippen LogP) is 3.63. The molecule has 0 saturated carbocycles. The third-order valence-electron chi connectivity index (χ3n) is 3.31. The maximum absolute atomic E-state index is 5.50. The monoisotopic (exact) mass is 265 g/mol. The molecule has 0 aromatic heterocycles. The molecule has 1 aliphatic heterocycles. The summed E-state index contributed by atoms with van der Waals surface area (Å²) in [6.45, 7) is 5.95. The van der Waals surface area contributed by atoms with Crippen molar-refractivity contribution in [1.29, 1.82) is 0 Å². The van der Waals surface area contributed by atoms with Gasteiger partial charge in [0.25, 0.3) is 0 Å². The first-order valence-corrected chi connectivity index (χ1v) is 7.97. The number of benzene rings is 1. The summed E-state index contributed by atoms with van der Waals surface area (Å²) in [7, 11) is 0. The van der Waals surface area contributed by atoms with Gasteiger partial charge in [0.15, 0.2) is 0 Å². The maximum atomic E-state index is 5.50. The average molecular weight is 265 g/mol. The molecule has 2 rings (SSSR count). The first-order valence-electron chi connectivity index (χ1n) is 6.93. The van der Waals surface area contributed by atoms with Crippen LogP contribution in [0, 0.1) is 0 Å². The second-order valence-corrected chi connectivity index (χ2v) is 5.94. The van der Waals surface area contributed by atoms with Crippen molar-refractivity contribution < 1.29 is 4.74 Å². The average Bonchev–Trinajstić information content (AvgIpc) is 2.91. The number of rotatable bonds is 6. The number of hydrogen-bond acceptors (Lipinski definition) is 3. The Balaban J connectivity index is 2.09. The van der Waals surface area contributed by atoms with Crippen LogP contribution >= 0.6 is 11.8 Å². The molecule has 1 aromatic rings. The maximum Gasteiger partial charge on any atom is 0.119 e. The summed E-state index contributed by atoms with van der Waals surface area (Å²) in [6, 6.07) is 9.07. The molecular weight excluding hydrogens is 242 g/mol.